The van der Waals surface area contributed by atoms with Gasteiger partial charge in [-0.2, -0.15) is 0 Å². The summed E-state index contributed by atoms with van der Waals surface area (Å²) in [6, 6.07) is 18.1. The largest absolute Gasteiger partial charge is 0.321 e. The van der Waals surface area contributed by atoms with E-state index in [2.05, 4.69) is 5.32 Å². The second-order valence-corrected chi connectivity index (χ2v) is 9.24. The summed E-state index contributed by atoms with van der Waals surface area (Å²) in [5.41, 5.74) is 1.64. The lowest BCUT2D eigenvalue weighted by atomic mass is 10.1. The van der Waals surface area contributed by atoms with Gasteiger partial charge in [0.25, 0.3) is 15.9 Å². The molecular formula is C22H20Cl2N2O3S. The standard InChI is InChI=1S/C22H20Cl2N2O3S/c1-3-26(18-7-5-4-6-8-18)30(28,29)21-13-16(10-9-15(21)2)22(27)25-20-14-17(23)11-12-19(20)24/h4-14H,3H2,1-2H3,(H,25,27). The number of para-hydroxylation sites is 1. The molecule has 0 aromatic heterocycles. The molecule has 156 valence electrons. The van der Waals surface area contributed by atoms with E-state index >= 15 is 0 Å². The number of aryl methyl sites for hydroxylation is 1. The zero-order chi connectivity index (χ0) is 21.9. The first-order chi connectivity index (χ1) is 14.2. The first kappa shape index (κ1) is 22.2. The molecule has 5 nitrogen and oxygen atoms in total. The summed E-state index contributed by atoms with van der Waals surface area (Å²) in [6.07, 6.45) is 0. The molecule has 0 aliphatic rings. The van der Waals surface area contributed by atoms with E-state index in [-0.39, 0.29) is 17.0 Å². The van der Waals surface area contributed by atoms with Gasteiger partial charge >= 0.3 is 0 Å². The number of carbonyl (C=O) groups excluding carboxylic acids is 1. The van der Waals surface area contributed by atoms with Crippen LogP contribution in [0, 0.1) is 6.92 Å². The summed E-state index contributed by atoms with van der Waals surface area (Å²) < 4.78 is 28.1. The number of anilines is 2. The van der Waals surface area contributed by atoms with Crippen molar-refractivity contribution in [2.24, 2.45) is 0 Å². The summed E-state index contributed by atoms with van der Waals surface area (Å²) in [5.74, 6) is -0.488. The zero-order valence-corrected chi connectivity index (χ0v) is 18.7. The van der Waals surface area contributed by atoms with Gasteiger partial charge in [0.1, 0.15) is 0 Å². The minimum atomic E-state index is -3.87. The van der Waals surface area contributed by atoms with Crippen molar-refractivity contribution >= 4 is 50.5 Å². The number of nitrogens with one attached hydrogen (secondary N) is 1. The molecule has 8 heteroatoms. The fraction of sp³-hybridized carbons (Fsp3) is 0.136. The summed E-state index contributed by atoms with van der Waals surface area (Å²) in [4.78, 5) is 12.8. The van der Waals surface area contributed by atoms with Gasteiger partial charge in [-0.25, -0.2) is 8.42 Å². The molecule has 0 saturated heterocycles. The van der Waals surface area contributed by atoms with Crippen LogP contribution in [0.3, 0.4) is 0 Å². The Labute approximate surface area is 186 Å². The van der Waals surface area contributed by atoms with E-state index in [0.717, 1.165) is 0 Å². The lowest BCUT2D eigenvalue weighted by molar-refractivity contribution is 0.102. The molecule has 3 aromatic rings. The molecule has 0 aliphatic heterocycles. The maximum absolute atomic E-state index is 13.4. The number of hydrogen-bond donors (Lipinski definition) is 1. The van der Waals surface area contributed by atoms with Gasteiger partial charge in [0.05, 0.1) is 21.3 Å². The monoisotopic (exact) mass is 462 g/mol. The number of halogens is 2. The van der Waals surface area contributed by atoms with Gasteiger partial charge in [-0.05, 0) is 61.9 Å². The molecule has 0 spiro atoms. The molecule has 3 aromatic carbocycles. The lowest BCUT2D eigenvalue weighted by Gasteiger charge is -2.24. The molecular weight excluding hydrogens is 443 g/mol. The molecule has 0 heterocycles. The minimum Gasteiger partial charge on any atom is -0.321 e. The van der Waals surface area contributed by atoms with E-state index in [0.29, 0.717) is 27.0 Å². The van der Waals surface area contributed by atoms with Gasteiger partial charge < -0.3 is 5.32 Å². The van der Waals surface area contributed by atoms with Crippen LogP contribution in [0.4, 0.5) is 11.4 Å². The highest BCUT2D eigenvalue weighted by Gasteiger charge is 2.26. The molecule has 3 rings (SSSR count). The fourth-order valence-electron chi connectivity index (χ4n) is 3.01. The van der Waals surface area contributed by atoms with E-state index in [1.165, 1.54) is 16.4 Å². The molecule has 30 heavy (non-hydrogen) atoms. The predicted octanol–water partition coefficient (Wildman–Crippen LogP) is 5.77. The summed E-state index contributed by atoms with van der Waals surface area (Å²) >= 11 is 12.1. The van der Waals surface area contributed by atoms with Crippen molar-refractivity contribution in [3.8, 4) is 0 Å². The van der Waals surface area contributed by atoms with Crippen molar-refractivity contribution < 1.29 is 13.2 Å². The van der Waals surface area contributed by atoms with Crippen LogP contribution in [-0.4, -0.2) is 20.9 Å². The van der Waals surface area contributed by atoms with Crippen molar-refractivity contribution in [3.63, 3.8) is 0 Å². The van der Waals surface area contributed by atoms with Crippen molar-refractivity contribution in [1.82, 2.24) is 0 Å². The van der Waals surface area contributed by atoms with Gasteiger partial charge in [0.15, 0.2) is 0 Å². The Morgan fingerprint density at radius 2 is 1.70 bits per heavy atom. The van der Waals surface area contributed by atoms with E-state index < -0.39 is 15.9 Å². The van der Waals surface area contributed by atoms with Gasteiger partial charge in [-0.3, -0.25) is 9.10 Å². The molecule has 1 amide bonds. The minimum absolute atomic E-state index is 0.0676. The van der Waals surface area contributed by atoms with Gasteiger partial charge in [-0.15, -0.1) is 0 Å². The molecule has 0 saturated carbocycles. The van der Waals surface area contributed by atoms with E-state index in [9.17, 15) is 13.2 Å². The SMILES string of the molecule is CCN(c1ccccc1)S(=O)(=O)c1cc(C(=O)Nc2cc(Cl)ccc2Cl)ccc1C. The first-order valence-electron chi connectivity index (χ1n) is 9.19. The van der Waals surface area contributed by atoms with Crippen LogP contribution >= 0.6 is 23.2 Å². The summed E-state index contributed by atoms with van der Waals surface area (Å²) in [7, 11) is -3.87. The smallest absolute Gasteiger partial charge is 0.264 e. The summed E-state index contributed by atoms with van der Waals surface area (Å²) in [5, 5.41) is 3.42. The molecule has 0 bridgehead atoms. The van der Waals surface area contributed by atoms with Crippen LogP contribution in [0.1, 0.15) is 22.8 Å². The fourth-order valence-corrected chi connectivity index (χ4v) is 5.08. The van der Waals surface area contributed by atoms with Crippen molar-refractivity contribution in [2.75, 3.05) is 16.2 Å². The molecule has 1 N–H and O–H groups in total. The number of rotatable bonds is 6. The van der Waals surface area contributed by atoms with E-state index in [4.69, 9.17) is 23.2 Å². The number of carbonyl (C=O) groups is 1. The van der Waals surface area contributed by atoms with Crippen LogP contribution in [0.2, 0.25) is 10.0 Å². The highest BCUT2D eigenvalue weighted by Crippen LogP contribution is 2.28. The van der Waals surface area contributed by atoms with Crippen LogP contribution in [0.5, 0.6) is 0 Å². The molecule has 0 unspecified atom stereocenters. The Morgan fingerprint density at radius 3 is 2.37 bits per heavy atom. The second-order valence-electron chi connectivity index (χ2n) is 6.56. The highest BCUT2D eigenvalue weighted by molar-refractivity contribution is 7.92. The van der Waals surface area contributed by atoms with Crippen molar-refractivity contribution in [1.29, 1.82) is 0 Å². The van der Waals surface area contributed by atoms with Crippen molar-refractivity contribution in [3.05, 3.63) is 87.9 Å². The summed E-state index contributed by atoms with van der Waals surface area (Å²) in [6.45, 7) is 3.71. The van der Waals surface area contributed by atoms with Gasteiger partial charge in [0.2, 0.25) is 0 Å². The third-order valence-corrected chi connectivity index (χ3v) is 7.14. The Kier molecular flexibility index (Phi) is 6.71. The Hall–Kier alpha value is -2.54. The third-order valence-electron chi connectivity index (χ3n) is 4.53. The average molecular weight is 463 g/mol. The normalized spacial score (nSPS) is 11.2. The van der Waals surface area contributed by atoms with Crippen molar-refractivity contribution in [2.45, 2.75) is 18.7 Å². The lowest BCUT2D eigenvalue weighted by Crippen LogP contribution is -2.31. The number of hydrogen-bond acceptors (Lipinski definition) is 3. The molecule has 0 radical (unpaired) electrons. The highest BCUT2D eigenvalue weighted by atomic mass is 35.5. The number of sulfonamides is 1. The predicted molar refractivity (Wildman–Crippen MR) is 122 cm³/mol. The first-order valence-corrected chi connectivity index (χ1v) is 11.4. The van der Waals surface area contributed by atoms with Gasteiger partial charge in [-0.1, -0.05) is 47.5 Å². The molecule has 0 fully saturated rings. The number of amides is 1. The van der Waals surface area contributed by atoms with Gasteiger partial charge in [0, 0.05) is 17.1 Å². The average Bonchev–Trinajstić information content (AvgIpc) is 2.72. The zero-order valence-electron chi connectivity index (χ0n) is 16.4. The number of benzene rings is 3. The molecule has 0 atom stereocenters. The van der Waals surface area contributed by atoms with Crippen LogP contribution in [0.25, 0.3) is 0 Å². The quantitative estimate of drug-likeness (QED) is 0.505. The number of nitrogens with zero attached hydrogens (tertiary/aromatic N) is 1. The Balaban J connectivity index is 1.98. The van der Waals surface area contributed by atoms with E-state index in [1.807, 2.05) is 6.07 Å². The van der Waals surface area contributed by atoms with Crippen LogP contribution in [-0.2, 0) is 10.0 Å². The molecule has 0 aliphatic carbocycles. The Morgan fingerprint density at radius 1 is 1.00 bits per heavy atom. The topological polar surface area (TPSA) is 66.5 Å². The van der Waals surface area contributed by atoms with Crippen LogP contribution in [0.15, 0.2) is 71.6 Å². The second kappa shape index (κ2) is 9.08. The third kappa shape index (κ3) is 4.61. The maximum atomic E-state index is 13.4. The van der Waals surface area contributed by atoms with E-state index in [1.54, 1.807) is 62.4 Å². The Bertz CT molecular complexity index is 1180. The van der Waals surface area contributed by atoms with Crippen LogP contribution < -0.4 is 9.62 Å². The maximum Gasteiger partial charge on any atom is 0.264 e.